The molecule has 3 atom stereocenters. The number of nitriles is 1. The van der Waals surface area contributed by atoms with Crippen molar-refractivity contribution in [3.63, 3.8) is 0 Å². The van der Waals surface area contributed by atoms with Gasteiger partial charge in [0.05, 0.1) is 34.0 Å². The Hall–Kier alpha value is -3.23. The van der Waals surface area contributed by atoms with E-state index in [9.17, 15) is 38.4 Å². The smallest absolute Gasteiger partial charge is 0.417 e. The van der Waals surface area contributed by atoms with Crippen LogP contribution < -0.4 is 0 Å². The molecule has 0 amide bonds. The summed E-state index contributed by atoms with van der Waals surface area (Å²) in [4.78, 5) is 11.7. The fraction of sp³-hybridized carbons (Fsp3) is 0.368. The molecule has 2 aliphatic heterocycles. The Kier molecular flexibility index (Phi) is 3.66. The van der Waals surface area contributed by atoms with Crippen LogP contribution in [0.4, 0.5) is 13.2 Å². The van der Waals surface area contributed by atoms with Crippen LogP contribution in [0.5, 0.6) is 11.8 Å². The molecule has 0 radical (unpaired) electrons. The van der Waals surface area contributed by atoms with E-state index in [-0.39, 0.29) is 16.8 Å². The SMILES string of the molecule is C[C@]12C[C@@](O)(C(=O)O)[C@](C)(O1)c1c2c(O)n(-c2ccc(C#N)c(C(F)(F)F)c2)c1O. The van der Waals surface area contributed by atoms with Gasteiger partial charge in [0.1, 0.15) is 11.2 Å². The number of alkyl halides is 3. The average molecular weight is 424 g/mol. The van der Waals surface area contributed by atoms with Crippen LogP contribution in [0.15, 0.2) is 18.2 Å². The molecule has 0 aliphatic carbocycles. The van der Waals surface area contributed by atoms with E-state index >= 15 is 0 Å². The number of ether oxygens (including phenoxy) is 1. The first-order valence-corrected chi connectivity index (χ1v) is 8.66. The molecule has 1 fully saturated rings. The van der Waals surface area contributed by atoms with Crippen molar-refractivity contribution in [1.82, 2.24) is 4.57 Å². The van der Waals surface area contributed by atoms with E-state index in [2.05, 4.69) is 0 Å². The maximum Gasteiger partial charge on any atom is 0.417 e. The molecule has 0 spiro atoms. The van der Waals surface area contributed by atoms with Gasteiger partial charge in [-0.05, 0) is 32.0 Å². The second-order valence-corrected chi connectivity index (χ2v) is 7.78. The molecular weight excluding hydrogens is 409 g/mol. The minimum absolute atomic E-state index is 0.0219. The fourth-order valence-electron chi connectivity index (χ4n) is 4.65. The Balaban J connectivity index is 2.00. The summed E-state index contributed by atoms with van der Waals surface area (Å²) in [5, 5.41) is 50.8. The van der Waals surface area contributed by atoms with Crippen LogP contribution in [0.2, 0.25) is 0 Å². The van der Waals surface area contributed by atoms with E-state index in [0.717, 1.165) is 12.1 Å². The number of rotatable bonds is 2. The lowest BCUT2D eigenvalue weighted by Gasteiger charge is -2.34. The molecule has 30 heavy (non-hydrogen) atoms. The predicted molar refractivity (Wildman–Crippen MR) is 91.8 cm³/mol. The van der Waals surface area contributed by atoms with E-state index in [1.807, 2.05) is 0 Å². The highest BCUT2D eigenvalue weighted by Gasteiger charge is 2.74. The largest absolute Gasteiger partial charge is 0.494 e. The van der Waals surface area contributed by atoms with Gasteiger partial charge in [0, 0.05) is 6.42 Å². The lowest BCUT2D eigenvalue weighted by Crippen LogP contribution is -2.53. The normalized spacial score (nSPS) is 29.6. The Morgan fingerprint density at radius 3 is 2.37 bits per heavy atom. The zero-order chi connectivity index (χ0) is 22.4. The van der Waals surface area contributed by atoms with E-state index in [4.69, 9.17) is 10.00 Å². The molecule has 3 heterocycles. The maximum absolute atomic E-state index is 13.3. The van der Waals surface area contributed by atoms with E-state index in [1.54, 1.807) is 0 Å². The number of aliphatic hydroxyl groups is 1. The van der Waals surface area contributed by atoms with Gasteiger partial charge in [-0.3, -0.25) is 4.57 Å². The molecule has 2 bridgehead atoms. The summed E-state index contributed by atoms with van der Waals surface area (Å²) in [6.07, 6.45) is -5.32. The van der Waals surface area contributed by atoms with Crippen molar-refractivity contribution in [1.29, 1.82) is 5.26 Å². The van der Waals surface area contributed by atoms with Crippen LogP contribution in [-0.2, 0) is 26.9 Å². The van der Waals surface area contributed by atoms with Gasteiger partial charge in [-0.15, -0.1) is 0 Å². The number of fused-ring (bicyclic) bond motifs is 5. The average Bonchev–Trinajstić information content (AvgIpc) is 3.13. The van der Waals surface area contributed by atoms with Gasteiger partial charge in [-0.2, -0.15) is 18.4 Å². The number of aromatic nitrogens is 1. The lowest BCUT2D eigenvalue weighted by molar-refractivity contribution is -0.180. The number of benzene rings is 1. The number of halogens is 3. The quantitative estimate of drug-likeness (QED) is 0.581. The Morgan fingerprint density at radius 2 is 1.83 bits per heavy atom. The molecule has 2 aliphatic rings. The van der Waals surface area contributed by atoms with Crippen LogP contribution in [0.3, 0.4) is 0 Å². The summed E-state index contributed by atoms with van der Waals surface area (Å²) in [5.41, 5.74) is -8.38. The number of carbonyl (C=O) groups is 1. The van der Waals surface area contributed by atoms with Gasteiger partial charge in [-0.25, -0.2) is 4.79 Å². The zero-order valence-corrected chi connectivity index (χ0v) is 15.6. The molecule has 4 rings (SSSR count). The second-order valence-electron chi connectivity index (χ2n) is 7.78. The molecule has 158 valence electrons. The maximum atomic E-state index is 13.3. The number of carboxylic acids is 1. The Bertz CT molecular complexity index is 1170. The summed E-state index contributed by atoms with van der Waals surface area (Å²) in [7, 11) is 0. The molecule has 1 aromatic heterocycles. The van der Waals surface area contributed by atoms with Gasteiger partial charge in [0.2, 0.25) is 11.8 Å². The topological polar surface area (TPSA) is 136 Å². The first-order valence-electron chi connectivity index (χ1n) is 8.66. The Morgan fingerprint density at radius 1 is 1.23 bits per heavy atom. The molecule has 0 saturated carbocycles. The first-order chi connectivity index (χ1) is 13.7. The van der Waals surface area contributed by atoms with E-state index in [0.29, 0.717) is 10.6 Å². The molecule has 0 unspecified atom stereocenters. The lowest BCUT2D eigenvalue weighted by atomic mass is 9.69. The summed E-state index contributed by atoms with van der Waals surface area (Å²) in [6.45, 7) is 2.63. The standard InChI is InChI=1S/C19H15F3N2O6/c1-16-7-18(29,15(27)28)17(2,30-16)12-11(16)13(25)24(14(12)26)9-4-3-8(6-23)10(5-9)19(20,21)22/h3-5,25-26,29H,7H2,1-2H3,(H,27,28)/t16-,17-,18-/m1/s1. The van der Waals surface area contributed by atoms with Crippen molar-refractivity contribution in [2.24, 2.45) is 0 Å². The third-order valence-corrected chi connectivity index (χ3v) is 5.98. The van der Waals surface area contributed by atoms with Crippen LogP contribution in [0.25, 0.3) is 5.69 Å². The second kappa shape index (κ2) is 5.47. The van der Waals surface area contributed by atoms with Gasteiger partial charge < -0.3 is 25.2 Å². The van der Waals surface area contributed by atoms with Gasteiger partial charge in [0.15, 0.2) is 5.60 Å². The van der Waals surface area contributed by atoms with E-state index in [1.165, 1.54) is 19.9 Å². The molecular formula is C19H15F3N2O6. The monoisotopic (exact) mass is 424 g/mol. The van der Waals surface area contributed by atoms with Crippen molar-refractivity contribution in [3.05, 3.63) is 40.5 Å². The van der Waals surface area contributed by atoms with Crippen LogP contribution in [0.1, 0.15) is 42.5 Å². The summed E-state index contributed by atoms with van der Waals surface area (Å²) in [6, 6.07) is 4.01. The number of hydrogen-bond acceptors (Lipinski definition) is 6. The van der Waals surface area contributed by atoms with Gasteiger partial charge >= 0.3 is 12.1 Å². The van der Waals surface area contributed by atoms with Gasteiger partial charge in [0.25, 0.3) is 0 Å². The highest BCUT2D eigenvalue weighted by atomic mass is 19.4. The summed E-state index contributed by atoms with van der Waals surface area (Å²) in [5.74, 6) is -3.03. The zero-order valence-electron chi connectivity index (χ0n) is 15.6. The van der Waals surface area contributed by atoms with Crippen molar-refractivity contribution >= 4 is 5.97 Å². The van der Waals surface area contributed by atoms with Crippen molar-refractivity contribution < 1.29 is 43.1 Å². The van der Waals surface area contributed by atoms with Crippen molar-refractivity contribution in [2.75, 3.05) is 0 Å². The fourth-order valence-corrected chi connectivity index (χ4v) is 4.65. The molecule has 1 saturated heterocycles. The minimum atomic E-state index is -4.87. The van der Waals surface area contributed by atoms with Crippen LogP contribution in [0, 0.1) is 11.3 Å². The van der Waals surface area contributed by atoms with Gasteiger partial charge in [-0.1, -0.05) is 0 Å². The number of hydrogen-bond donors (Lipinski definition) is 4. The number of carboxylic acid groups (broad SMARTS) is 1. The number of aromatic hydroxyl groups is 2. The first kappa shape index (κ1) is 20.1. The molecule has 1 aromatic carbocycles. The third kappa shape index (κ3) is 2.15. The Labute approximate surface area is 167 Å². The van der Waals surface area contributed by atoms with Crippen LogP contribution in [-0.4, -0.2) is 36.6 Å². The molecule has 4 N–H and O–H groups in total. The highest BCUT2D eigenvalue weighted by Crippen LogP contribution is 2.67. The number of aliphatic carboxylic acids is 1. The van der Waals surface area contributed by atoms with E-state index < -0.39 is 58.3 Å². The minimum Gasteiger partial charge on any atom is -0.494 e. The number of nitrogens with zero attached hydrogens (tertiary/aromatic N) is 2. The molecule has 11 heteroatoms. The summed E-state index contributed by atoms with van der Waals surface area (Å²) >= 11 is 0. The third-order valence-electron chi connectivity index (χ3n) is 5.98. The molecule has 2 aromatic rings. The molecule has 8 nitrogen and oxygen atoms in total. The predicted octanol–water partition coefficient (Wildman–Crippen LogP) is 2.46. The summed E-state index contributed by atoms with van der Waals surface area (Å²) < 4.78 is 46.4. The van der Waals surface area contributed by atoms with Crippen molar-refractivity contribution in [3.8, 4) is 23.5 Å². The van der Waals surface area contributed by atoms with Crippen molar-refractivity contribution in [2.45, 2.75) is 43.2 Å². The highest BCUT2D eigenvalue weighted by molar-refractivity contribution is 5.83. The van der Waals surface area contributed by atoms with Crippen LogP contribution >= 0.6 is 0 Å².